The van der Waals surface area contributed by atoms with Gasteiger partial charge in [0.25, 0.3) is 5.91 Å². The number of allylic oxidation sites excluding steroid dienone is 1. The van der Waals surface area contributed by atoms with E-state index in [1.165, 1.54) is 38.8 Å². The number of rotatable bonds is 8. The zero-order chi connectivity index (χ0) is 27.2. The number of nitrogen functional groups attached to an aromatic ring is 1. The zero-order valence-corrected chi connectivity index (χ0v) is 22.2. The molecule has 202 valence electrons. The van der Waals surface area contributed by atoms with Crippen molar-refractivity contribution in [1.29, 1.82) is 0 Å². The maximum atomic E-state index is 12.9. The maximum Gasteiger partial charge on any atom is 0.313 e. The average molecular weight is 582 g/mol. The number of aliphatic carboxylic acids is 1. The summed E-state index contributed by atoms with van der Waals surface area (Å²) in [6.45, 7) is 1.51. The third-order valence-electron chi connectivity index (χ3n) is 6.19. The van der Waals surface area contributed by atoms with Crippen LogP contribution < -0.4 is 16.6 Å². The molecule has 2 amide bonds. The normalized spacial score (nSPS) is 26.7. The summed E-state index contributed by atoms with van der Waals surface area (Å²) in [5, 5.41) is 39.4. The molecule has 0 saturated carbocycles. The summed E-state index contributed by atoms with van der Waals surface area (Å²) >= 11 is 3.64. The number of carboxylic acid groups (broad SMARTS) is 1. The molecule has 2 saturated heterocycles. The number of aliphatic hydroxyl groups excluding tert-OH is 1. The number of aromatic nitrogens is 1. The molecule has 15 nitrogen and oxygen atoms in total. The Kier molecular flexibility index (Phi) is 6.99. The second kappa shape index (κ2) is 10.1. The summed E-state index contributed by atoms with van der Waals surface area (Å²) in [6, 6.07) is -0.898. The number of nitrogens with one attached hydrogen (secondary N) is 2. The zero-order valence-electron chi connectivity index (χ0n) is 19.8. The van der Waals surface area contributed by atoms with E-state index in [2.05, 4.69) is 26.0 Å². The van der Waals surface area contributed by atoms with Gasteiger partial charge in [-0.2, -0.15) is 0 Å². The van der Waals surface area contributed by atoms with Crippen molar-refractivity contribution >= 4 is 69.2 Å². The van der Waals surface area contributed by atoms with Gasteiger partial charge in [0.1, 0.15) is 29.3 Å². The van der Waals surface area contributed by atoms with Crippen LogP contribution >= 0.6 is 34.9 Å². The van der Waals surface area contributed by atoms with Crippen LogP contribution in [0.25, 0.3) is 0 Å². The molecule has 1 aromatic heterocycles. The van der Waals surface area contributed by atoms with Crippen LogP contribution in [-0.2, 0) is 14.4 Å². The van der Waals surface area contributed by atoms with Gasteiger partial charge in [-0.1, -0.05) is 5.16 Å². The molecule has 2 fully saturated rings. The third kappa shape index (κ3) is 4.57. The number of carboxylic acids is 1. The lowest BCUT2D eigenvalue weighted by atomic mass is 9.89. The van der Waals surface area contributed by atoms with Gasteiger partial charge in [-0.15, -0.1) is 40.4 Å². The lowest BCUT2D eigenvalue weighted by molar-refractivity contribution is -0.157. The number of anilines is 1. The molecule has 7 N–H and O–H groups in total. The highest BCUT2D eigenvalue weighted by molar-refractivity contribution is 8.03. The number of aliphatic hydroxyl groups is 1. The van der Waals surface area contributed by atoms with Gasteiger partial charge >= 0.3 is 5.97 Å². The summed E-state index contributed by atoms with van der Waals surface area (Å²) in [7, 11) is 0. The SMILES string of the molecule is CC1=NC2=CN(CO)NN2C(SCC2(C(=O)O)CS[C@@H]3C(NC(=O)C(=NO)c4csc(N)n4)C(=O)N3C2)=C1. The number of carbonyl (C=O) groups excluding carboxylic acids is 2. The fourth-order valence-electron chi connectivity index (χ4n) is 4.22. The van der Waals surface area contributed by atoms with Gasteiger partial charge in [-0.05, 0) is 13.0 Å². The van der Waals surface area contributed by atoms with Crippen molar-refractivity contribution in [1.82, 2.24) is 30.8 Å². The van der Waals surface area contributed by atoms with E-state index in [0.29, 0.717) is 10.9 Å². The largest absolute Gasteiger partial charge is 0.481 e. The minimum Gasteiger partial charge on any atom is -0.481 e. The molecule has 0 bridgehead atoms. The maximum absolute atomic E-state index is 12.9. The quantitative estimate of drug-likeness (QED) is 0.0963. The van der Waals surface area contributed by atoms with Crippen LogP contribution in [0.3, 0.4) is 0 Å². The van der Waals surface area contributed by atoms with Crippen LogP contribution in [0.4, 0.5) is 5.13 Å². The Bertz CT molecular complexity index is 1310. The number of oxime groups is 1. The van der Waals surface area contributed by atoms with E-state index < -0.39 is 34.6 Å². The first kappa shape index (κ1) is 26.3. The summed E-state index contributed by atoms with van der Waals surface area (Å²) in [6.07, 6.45) is 3.44. The number of hydrogen-bond acceptors (Lipinski definition) is 15. The first-order chi connectivity index (χ1) is 18.2. The fraction of sp³-hybridized carbons (Fsp3) is 0.400. The molecule has 4 aliphatic heterocycles. The molecule has 0 spiro atoms. The van der Waals surface area contributed by atoms with E-state index in [-0.39, 0.29) is 41.3 Å². The predicted molar refractivity (Wildman–Crippen MR) is 140 cm³/mol. The number of amides is 2. The number of hydrogen-bond donors (Lipinski definition) is 6. The first-order valence-electron chi connectivity index (χ1n) is 11.1. The molecule has 0 aromatic carbocycles. The molecule has 5 rings (SSSR count). The molecule has 0 aliphatic carbocycles. The van der Waals surface area contributed by atoms with Crippen LogP contribution in [-0.4, -0.2) is 101 Å². The van der Waals surface area contributed by atoms with Crippen LogP contribution in [0.1, 0.15) is 12.6 Å². The van der Waals surface area contributed by atoms with Crippen molar-refractivity contribution in [3.05, 3.63) is 34.2 Å². The predicted octanol–water partition coefficient (Wildman–Crippen LogP) is -0.790. The van der Waals surface area contributed by atoms with Gasteiger partial charge < -0.3 is 31.4 Å². The van der Waals surface area contributed by atoms with E-state index in [4.69, 9.17) is 5.73 Å². The molecular formula is C20H23N9O6S3. The number of thioether (sulfide) groups is 2. The van der Waals surface area contributed by atoms with Crippen molar-refractivity contribution in [2.75, 3.05) is 30.5 Å². The van der Waals surface area contributed by atoms with E-state index in [9.17, 15) is 29.8 Å². The van der Waals surface area contributed by atoms with E-state index in [0.717, 1.165) is 17.0 Å². The topological polar surface area (TPSA) is 209 Å². The van der Waals surface area contributed by atoms with Gasteiger partial charge in [-0.25, -0.2) is 15.0 Å². The number of nitrogens with zero attached hydrogens (tertiary/aromatic N) is 6. The van der Waals surface area contributed by atoms with Gasteiger partial charge in [0.2, 0.25) is 5.91 Å². The Morgan fingerprint density at radius 2 is 2.24 bits per heavy atom. The highest BCUT2D eigenvalue weighted by Gasteiger charge is 2.57. The Labute approximate surface area is 228 Å². The van der Waals surface area contributed by atoms with Crippen molar-refractivity contribution in [2.24, 2.45) is 15.6 Å². The Balaban J connectivity index is 1.24. The summed E-state index contributed by atoms with van der Waals surface area (Å²) in [5.41, 5.74) is 7.74. The van der Waals surface area contributed by atoms with E-state index >= 15 is 0 Å². The number of carbonyl (C=O) groups is 3. The van der Waals surface area contributed by atoms with Crippen LogP contribution in [0.15, 0.2) is 38.7 Å². The molecular weight excluding hydrogens is 558 g/mol. The number of aliphatic imine (C=N–C) groups is 1. The number of nitrogens with two attached hydrogens (primary N) is 1. The van der Waals surface area contributed by atoms with Gasteiger partial charge in [0.15, 0.2) is 16.7 Å². The minimum absolute atomic E-state index is 0.0268. The molecule has 4 aliphatic rings. The highest BCUT2D eigenvalue weighted by atomic mass is 32.2. The monoisotopic (exact) mass is 581 g/mol. The average Bonchev–Trinajstić information content (AvgIpc) is 3.51. The molecule has 2 unspecified atom stereocenters. The lowest BCUT2D eigenvalue weighted by Crippen LogP contribution is -2.74. The Hall–Kier alpha value is -3.32. The molecule has 18 heteroatoms. The smallest absolute Gasteiger partial charge is 0.313 e. The van der Waals surface area contributed by atoms with Crippen molar-refractivity contribution in [3.63, 3.8) is 0 Å². The van der Waals surface area contributed by atoms with Crippen molar-refractivity contribution in [3.8, 4) is 0 Å². The minimum atomic E-state index is -1.24. The molecule has 1 aromatic rings. The number of fused-ring (bicyclic) bond motifs is 2. The van der Waals surface area contributed by atoms with Crippen LogP contribution in [0.5, 0.6) is 0 Å². The summed E-state index contributed by atoms with van der Waals surface area (Å²) < 4.78 is 0. The highest BCUT2D eigenvalue weighted by Crippen LogP contribution is 2.45. The molecule has 5 heterocycles. The van der Waals surface area contributed by atoms with Crippen molar-refractivity contribution in [2.45, 2.75) is 18.3 Å². The number of β-lactam (4-membered cyclic amide) rings is 1. The Morgan fingerprint density at radius 3 is 2.89 bits per heavy atom. The number of hydrazine groups is 2. The van der Waals surface area contributed by atoms with Crippen LogP contribution in [0, 0.1) is 5.41 Å². The van der Waals surface area contributed by atoms with Gasteiger partial charge in [-0.3, -0.25) is 19.4 Å². The third-order valence-corrected chi connectivity index (χ3v) is 9.74. The van der Waals surface area contributed by atoms with E-state index in [1.54, 1.807) is 17.3 Å². The fourth-order valence-corrected chi connectivity index (χ4v) is 7.70. The standard InChI is InChI=1S/C20H23N9O6S3/c1-9-2-12(29-11(22-9)3-27(8-30)26-29)37-6-20(18(33)34)5-28-16(32)14(17(28)38-7-20)24-15(31)13(25-35)10-4-36-19(21)23-10/h2-4,14,17,26,30,35H,5-8H2,1H3,(H2,21,23)(H,24,31)(H,33,34)/t14?,17-,20?/m1/s1. The molecule has 3 atom stereocenters. The van der Waals surface area contributed by atoms with Gasteiger partial charge in [0.05, 0.1) is 11.2 Å². The molecule has 0 radical (unpaired) electrons. The van der Waals surface area contributed by atoms with Gasteiger partial charge in [0, 0.05) is 29.1 Å². The lowest BCUT2D eigenvalue weighted by Gasteiger charge is -2.53. The second-order valence-corrected chi connectivity index (χ2v) is 11.8. The summed E-state index contributed by atoms with van der Waals surface area (Å²) in [4.78, 5) is 47.8. The number of thiazole rings is 1. The first-order valence-corrected chi connectivity index (χ1v) is 14.0. The molecule has 38 heavy (non-hydrogen) atoms. The second-order valence-electron chi connectivity index (χ2n) is 8.78. The van der Waals surface area contributed by atoms with Crippen molar-refractivity contribution < 1.29 is 29.8 Å². The van der Waals surface area contributed by atoms with Crippen LogP contribution in [0.2, 0.25) is 0 Å². The summed E-state index contributed by atoms with van der Waals surface area (Å²) in [5.74, 6) is -1.31. The Morgan fingerprint density at radius 1 is 1.45 bits per heavy atom. The van der Waals surface area contributed by atoms with E-state index in [1.807, 2.05) is 6.92 Å².